The molecule has 0 aliphatic heterocycles. The molecule has 0 saturated carbocycles. The zero-order valence-electron chi connectivity index (χ0n) is 41.2. The van der Waals surface area contributed by atoms with Gasteiger partial charge in [-0.1, -0.05) is 164 Å². The largest absolute Gasteiger partial charge is 0.456 e. The quantitative estimate of drug-likeness (QED) is 0.171. The highest BCUT2D eigenvalue weighted by Gasteiger charge is 2.19. The van der Waals surface area contributed by atoms with Gasteiger partial charge in [-0.15, -0.1) is 0 Å². The van der Waals surface area contributed by atoms with Gasteiger partial charge in [0.05, 0.1) is 27.5 Å². The number of fused-ring (bicyclic) bond motifs is 6. The Kier molecular flexibility index (Phi) is 5.10. The monoisotopic (exact) mass is 728 g/mol. The summed E-state index contributed by atoms with van der Waals surface area (Å²) in [4.78, 5) is 15.0. The summed E-state index contributed by atoms with van der Waals surface area (Å²) in [5, 5.41) is 1.37. The van der Waals surface area contributed by atoms with Crippen molar-refractivity contribution in [2.75, 3.05) is 0 Å². The summed E-state index contributed by atoms with van der Waals surface area (Å²) in [5.41, 5.74) is 4.85. The second-order valence-electron chi connectivity index (χ2n) is 13.1. The van der Waals surface area contributed by atoms with E-state index in [2.05, 4.69) is 0 Å². The van der Waals surface area contributed by atoms with Gasteiger partial charge in [0.15, 0.2) is 17.5 Å². The van der Waals surface area contributed by atoms with Crippen molar-refractivity contribution in [1.29, 1.82) is 0 Å². The average Bonchev–Trinajstić information content (AvgIpc) is 3.93. The third-order valence-corrected chi connectivity index (χ3v) is 9.88. The summed E-state index contributed by atoms with van der Waals surface area (Å²) in [6, 6.07) is 30.6. The summed E-state index contributed by atoms with van der Waals surface area (Å²) >= 11 is 0. The van der Waals surface area contributed by atoms with Gasteiger partial charge in [-0.2, -0.15) is 0 Å². The van der Waals surface area contributed by atoms with E-state index < -0.39 is 78.2 Å². The van der Waals surface area contributed by atoms with Crippen molar-refractivity contribution >= 4 is 43.7 Å². The average molecular weight is 729 g/mol. The molecule has 0 radical (unpaired) electrons. The van der Waals surface area contributed by atoms with Crippen LogP contribution in [0.15, 0.2) is 198 Å². The minimum Gasteiger partial charge on any atom is -0.456 e. The Morgan fingerprint density at radius 2 is 1.02 bits per heavy atom. The molecule has 0 aliphatic rings. The fraction of sp³-hybridized carbons (Fsp3) is 0. The van der Waals surface area contributed by atoms with Crippen molar-refractivity contribution in [2.45, 2.75) is 0 Å². The maximum absolute atomic E-state index is 9.32. The summed E-state index contributed by atoms with van der Waals surface area (Å²) in [6.07, 6.45) is 0. The lowest BCUT2D eigenvalue weighted by atomic mass is 10.0. The lowest BCUT2D eigenvalue weighted by molar-refractivity contribution is 0.669. The molecular weight excluding hydrogens is 685 g/mol. The molecule has 0 bridgehead atoms. The molecule has 5 heteroatoms. The van der Waals surface area contributed by atoms with E-state index in [9.17, 15) is 1.37 Å². The molecule has 0 spiro atoms. The van der Waals surface area contributed by atoms with Crippen LogP contribution in [0.1, 0.15) is 16.4 Å². The van der Waals surface area contributed by atoms with Crippen LogP contribution in [0, 0.1) is 0 Å². The highest BCUT2D eigenvalue weighted by atomic mass is 16.3. The molecule has 11 aromatic rings. The number of aromatic nitrogens is 4. The normalized spacial score (nSPS) is 14.6. The molecule has 0 fully saturated rings. The van der Waals surface area contributed by atoms with Crippen LogP contribution in [0.25, 0.3) is 106 Å². The first-order chi connectivity index (χ1) is 32.7. The Hall–Kier alpha value is -7.63. The third kappa shape index (κ3) is 5.29. The topological polar surface area (TPSA) is 56.7 Å². The van der Waals surface area contributed by atoms with Gasteiger partial charge in [0.2, 0.25) is 0 Å². The first-order valence-corrected chi connectivity index (χ1v) is 17.8. The summed E-state index contributed by atoms with van der Waals surface area (Å²) in [7, 11) is 0. The van der Waals surface area contributed by atoms with E-state index in [1.54, 1.807) is 24.3 Å². The second-order valence-corrected chi connectivity index (χ2v) is 13.1. The lowest BCUT2D eigenvalue weighted by Gasteiger charge is -2.12. The number of hydrogen-bond donors (Lipinski definition) is 0. The number of rotatable bonds is 6. The van der Waals surface area contributed by atoms with Crippen molar-refractivity contribution in [2.24, 2.45) is 0 Å². The van der Waals surface area contributed by atoms with E-state index >= 15 is 0 Å². The molecule has 0 atom stereocenters. The Morgan fingerprint density at radius 3 is 1.80 bits per heavy atom. The van der Waals surface area contributed by atoms with Crippen LogP contribution in [-0.2, 0) is 0 Å². The summed E-state index contributed by atoms with van der Waals surface area (Å²) in [6.45, 7) is 0. The van der Waals surface area contributed by atoms with Gasteiger partial charge in [0.1, 0.15) is 11.2 Å². The zero-order chi connectivity index (χ0) is 47.4. The van der Waals surface area contributed by atoms with Gasteiger partial charge in [0, 0.05) is 49.5 Å². The molecule has 0 aliphatic carbocycles. The number of nitrogens with zero attached hydrogens (tertiary/aromatic N) is 4. The fourth-order valence-corrected chi connectivity index (χ4v) is 7.30. The van der Waals surface area contributed by atoms with Crippen LogP contribution in [0.4, 0.5) is 0 Å². The molecule has 56 heavy (non-hydrogen) atoms. The molecule has 11 rings (SSSR count). The molecule has 262 valence electrons. The Bertz CT molecular complexity index is 3900. The van der Waals surface area contributed by atoms with Crippen LogP contribution in [0.5, 0.6) is 0 Å². The first kappa shape index (κ1) is 21.9. The minimum atomic E-state index is -0.697. The zero-order valence-corrected chi connectivity index (χ0v) is 29.2. The van der Waals surface area contributed by atoms with Crippen LogP contribution in [0.2, 0.25) is 0 Å². The molecule has 0 amide bonds. The fourth-order valence-electron chi connectivity index (χ4n) is 7.30. The molecule has 5 nitrogen and oxygen atoms in total. The highest BCUT2D eigenvalue weighted by Crippen LogP contribution is 2.40. The first-order valence-electron chi connectivity index (χ1n) is 23.8. The standard InChI is InChI=1S/C51H32N4O/c1-3-13-33(14-4-1)34-25-29-36(30-26-34)49-52-50(54-51(53-49)43-21-12-24-46-47(43)42-18-8-10-23-45(42)56-46)37-31-27-35(28-32-37)39-19-11-20-41-40-17-7-9-22-44(40)55(48(39)41)38-15-5-2-6-16-38/h1-32H/i2D,5D,6D,7D,9D,11D,15D,16D,17D,19D,20D,22D. The van der Waals surface area contributed by atoms with Crippen molar-refractivity contribution < 1.29 is 20.9 Å². The number of benzene rings is 8. The SMILES string of the molecule is [2H]c1c([2H])c([2H])c(-n2c3c([2H])c([2H])c([2H])c([2H])c3c3c([2H])c([2H])c([2H])c(-c4ccc(-c5nc(-c6ccc(-c7ccccc7)cc6)nc(-c6cccc7oc8ccccc8c67)n5)cc4)c32)c([2H])c1[2H]. The number of para-hydroxylation sites is 4. The number of hydrogen-bond acceptors (Lipinski definition) is 4. The number of furan rings is 1. The Labute approximate surface area is 339 Å². The molecular formula is C51H32N4O. The van der Waals surface area contributed by atoms with Crippen LogP contribution >= 0.6 is 0 Å². The van der Waals surface area contributed by atoms with Crippen LogP contribution in [-0.4, -0.2) is 19.5 Å². The maximum Gasteiger partial charge on any atom is 0.164 e. The van der Waals surface area contributed by atoms with Gasteiger partial charge in [0.25, 0.3) is 0 Å². The van der Waals surface area contributed by atoms with Crippen molar-refractivity contribution in [1.82, 2.24) is 19.5 Å². The molecule has 0 saturated heterocycles. The van der Waals surface area contributed by atoms with Crippen LogP contribution < -0.4 is 0 Å². The molecule has 3 aromatic heterocycles. The van der Waals surface area contributed by atoms with E-state index in [-0.39, 0.29) is 27.4 Å². The van der Waals surface area contributed by atoms with Crippen molar-refractivity contribution in [3.63, 3.8) is 0 Å². The van der Waals surface area contributed by atoms with E-state index in [1.165, 1.54) is 0 Å². The van der Waals surface area contributed by atoms with Gasteiger partial charge in [-0.3, -0.25) is 0 Å². The smallest absolute Gasteiger partial charge is 0.164 e. The Balaban J connectivity index is 1.15. The van der Waals surface area contributed by atoms with Crippen molar-refractivity contribution in [3.05, 3.63) is 194 Å². The van der Waals surface area contributed by atoms with E-state index in [4.69, 9.17) is 34.4 Å². The van der Waals surface area contributed by atoms with E-state index in [0.29, 0.717) is 45.3 Å². The summed E-state index contributed by atoms with van der Waals surface area (Å²) in [5.74, 6) is 1.06. The van der Waals surface area contributed by atoms with Crippen molar-refractivity contribution in [3.8, 4) is 62.1 Å². The molecule has 3 heterocycles. The highest BCUT2D eigenvalue weighted by molar-refractivity contribution is 6.14. The molecule has 0 unspecified atom stereocenters. The van der Waals surface area contributed by atoms with Gasteiger partial charge >= 0.3 is 0 Å². The van der Waals surface area contributed by atoms with E-state index in [0.717, 1.165) is 32.0 Å². The summed E-state index contributed by atoms with van der Waals surface area (Å²) < 4.78 is 113. The lowest BCUT2D eigenvalue weighted by Crippen LogP contribution is -2.00. The van der Waals surface area contributed by atoms with E-state index in [1.807, 2.05) is 97.1 Å². The molecule has 0 N–H and O–H groups in total. The van der Waals surface area contributed by atoms with Gasteiger partial charge < -0.3 is 8.98 Å². The predicted molar refractivity (Wildman–Crippen MR) is 229 cm³/mol. The van der Waals surface area contributed by atoms with Gasteiger partial charge in [-0.25, -0.2) is 15.0 Å². The predicted octanol–water partition coefficient (Wildman–Crippen LogP) is 13.2. The third-order valence-electron chi connectivity index (χ3n) is 9.88. The second kappa shape index (κ2) is 13.0. The maximum atomic E-state index is 9.32. The minimum absolute atomic E-state index is 0.0125. The Morgan fingerprint density at radius 1 is 0.411 bits per heavy atom. The van der Waals surface area contributed by atoms with Crippen LogP contribution in [0.3, 0.4) is 0 Å². The molecule has 8 aromatic carbocycles. The van der Waals surface area contributed by atoms with Gasteiger partial charge in [-0.05, 0) is 47.0 Å².